The number of hydrogen-bond donors (Lipinski definition) is 2. The van der Waals surface area contributed by atoms with Crippen LogP contribution in [-0.2, 0) is 18.2 Å². The Morgan fingerprint density at radius 2 is 1.77 bits per heavy atom. The zero-order chi connectivity index (χ0) is 28.4. The number of fused-ring (bicyclic) bond motifs is 1. The van der Waals surface area contributed by atoms with E-state index in [0.29, 0.717) is 22.9 Å². The number of benzene rings is 2. The van der Waals surface area contributed by atoms with E-state index in [0.717, 1.165) is 61.0 Å². The van der Waals surface area contributed by atoms with E-state index in [4.69, 9.17) is 15.2 Å². The summed E-state index contributed by atoms with van der Waals surface area (Å²) in [5, 5.41) is 0.825. The monoisotopic (exact) mass is 542 g/mol. The molecular formula is C32H38N4O4. The summed E-state index contributed by atoms with van der Waals surface area (Å²) in [4.78, 5) is 29.7. The van der Waals surface area contributed by atoms with Crippen molar-refractivity contribution in [3.8, 4) is 22.6 Å². The molecule has 8 nitrogen and oxygen atoms in total. The molecule has 2 aromatic heterocycles. The zero-order valence-electron chi connectivity index (χ0n) is 23.7. The SMILES string of the molecule is Cn1cc(-c2cc(N)ccc2Oc2ccc(CCC3CCN(C(=O)OC(C)(C)C)CC3)cc2)c2cc[nH]c2c1=O. The first-order chi connectivity index (χ1) is 19.1. The van der Waals surface area contributed by atoms with Gasteiger partial charge < -0.3 is 29.7 Å². The van der Waals surface area contributed by atoms with Gasteiger partial charge in [0, 0.05) is 54.7 Å². The van der Waals surface area contributed by atoms with Crippen molar-refractivity contribution in [3.05, 3.63) is 76.8 Å². The van der Waals surface area contributed by atoms with E-state index in [1.54, 1.807) is 17.8 Å². The molecule has 2 aromatic carbocycles. The van der Waals surface area contributed by atoms with Crippen molar-refractivity contribution in [2.24, 2.45) is 13.0 Å². The standard InChI is InChI=1S/C32H38N4O4/c1-32(2,3)40-31(38)36-17-14-22(15-18-36)6-5-21-7-10-24(11-8-21)39-28-12-9-23(33)19-26(28)27-20-35(4)30(37)29-25(27)13-16-34-29/h7-13,16,19-20,22,34H,5-6,14-15,17-18,33H2,1-4H3. The smallest absolute Gasteiger partial charge is 0.410 e. The van der Waals surface area contributed by atoms with E-state index >= 15 is 0 Å². The Hall–Kier alpha value is -4.20. The number of ether oxygens (including phenoxy) is 2. The second-order valence-electron chi connectivity index (χ2n) is 11.7. The van der Waals surface area contributed by atoms with Crippen LogP contribution in [-0.4, -0.2) is 39.2 Å². The maximum atomic E-state index is 12.5. The largest absolute Gasteiger partial charge is 0.457 e. The first-order valence-electron chi connectivity index (χ1n) is 13.9. The maximum Gasteiger partial charge on any atom is 0.410 e. The number of nitrogens with one attached hydrogen (secondary N) is 1. The van der Waals surface area contributed by atoms with Gasteiger partial charge in [-0.05, 0) is 94.3 Å². The van der Waals surface area contributed by atoms with Crippen molar-refractivity contribution >= 4 is 22.7 Å². The van der Waals surface area contributed by atoms with Gasteiger partial charge >= 0.3 is 6.09 Å². The van der Waals surface area contributed by atoms with Crippen LogP contribution in [0.5, 0.6) is 11.5 Å². The number of carbonyl (C=O) groups is 1. The van der Waals surface area contributed by atoms with Gasteiger partial charge in [0.05, 0.1) is 0 Å². The van der Waals surface area contributed by atoms with Gasteiger partial charge in [-0.2, -0.15) is 0 Å². The summed E-state index contributed by atoms with van der Waals surface area (Å²) in [5.74, 6) is 1.99. The number of carbonyl (C=O) groups excluding carboxylic acids is 1. The lowest BCUT2D eigenvalue weighted by atomic mass is 9.90. The number of aromatic amines is 1. The molecule has 0 saturated carbocycles. The fourth-order valence-electron chi connectivity index (χ4n) is 5.28. The molecule has 5 rings (SSSR count). The Morgan fingerprint density at radius 1 is 1.05 bits per heavy atom. The number of rotatable bonds is 6. The highest BCUT2D eigenvalue weighted by molar-refractivity contribution is 5.96. The fourth-order valence-corrected chi connectivity index (χ4v) is 5.28. The molecule has 8 heteroatoms. The predicted molar refractivity (Wildman–Crippen MR) is 159 cm³/mol. The second-order valence-corrected chi connectivity index (χ2v) is 11.7. The third-order valence-corrected chi connectivity index (χ3v) is 7.45. The van der Waals surface area contributed by atoms with Gasteiger partial charge in [-0.3, -0.25) is 4.79 Å². The van der Waals surface area contributed by atoms with E-state index < -0.39 is 5.60 Å². The third kappa shape index (κ3) is 6.17. The van der Waals surface area contributed by atoms with Gasteiger partial charge in [-0.25, -0.2) is 4.79 Å². The van der Waals surface area contributed by atoms with Crippen LogP contribution >= 0.6 is 0 Å². The van der Waals surface area contributed by atoms with E-state index in [9.17, 15) is 9.59 Å². The summed E-state index contributed by atoms with van der Waals surface area (Å²) in [6.07, 6.45) is 7.45. The molecule has 0 spiro atoms. The molecule has 0 atom stereocenters. The Morgan fingerprint density at radius 3 is 2.48 bits per heavy atom. The molecule has 0 unspecified atom stereocenters. The molecule has 1 aliphatic heterocycles. The van der Waals surface area contributed by atoms with Crippen molar-refractivity contribution in [2.75, 3.05) is 18.8 Å². The number of nitrogens with two attached hydrogens (primary N) is 1. The Balaban J connectivity index is 1.23. The zero-order valence-corrected chi connectivity index (χ0v) is 23.7. The van der Waals surface area contributed by atoms with E-state index in [1.807, 2.05) is 68.3 Å². The van der Waals surface area contributed by atoms with Crippen LogP contribution in [0.3, 0.4) is 0 Å². The number of aromatic nitrogens is 2. The number of pyridine rings is 1. The molecule has 1 saturated heterocycles. The first kappa shape index (κ1) is 27.4. The Kier molecular flexibility index (Phi) is 7.61. The van der Waals surface area contributed by atoms with Gasteiger partial charge in [-0.1, -0.05) is 12.1 Å². The topological polar surface area (TPSA) is 103 Å². The lowest BCUT2D eigenvalue weighted by molar-refractivity contribution is 0.0181. The Labute approximate surface area is 234 Å². The molecular weight excluding hydrogens is 504 g/mol. The summed E-state index contributed by atoms with van der Waals surface area (Å²) in [5.41, 5.74) is 9.72. The maximum absolute atomic E-state index is 12.5. The number of piperidine rings is 1. The Bertz CT molecular complexity index is 1550. The molecule has 0 radical (unpaired) electrons. The van der Waals surface area contributed by atoms with Gasteiger partial charge in [0.1, 0.15) is 22.6 Å². The predicted octanol–water partition coefficient (Wildman–Crippen LogP) is 6.49. The third-order valence-electron chi connectivity index (χ3n) is 7.45. The van der Waals surface area contributed by atoms with Crippen LogP contribution in [0.25, 0.3) is 22.0 Å². The van der Waals surface area contributed by atoms with E-state index in [2.05, 4.69) is 17.1 Å². The molecule has 3 N–H and O–H groups in total. The molecule has 1 aliphatic rings. The van der Waals surface area contributed by atoms with Crippen LogP contribution in [0, 0.1) is 5.92 Å². The van der Waals surface area contributed by atoms with Crippen molar-refractivity contribution in [1.29, 1.82) is 0 Å². The van der Waals surface area contributed by atoms with Gasteiger partial charge in [0.2, 0.25) is 0 Å². The van der Waals surface area contributed by atoms with Crippen LogP contribution in [0.1, 0.15) is 45.6 Å². The number of anilines is 1. The van der Waals surface area contributed by atoms with Crippen LogP contribution in [0.15, 0.2) is 65.7 Å². The van der Waals surface area contributed by atoms with Crippen LogP contribution in [0.2, 0.25) is 0 Å². The number of amides is 1. The molecule has 3 heterocycles. The number of H-pyrrole nitrogens is 1. The molecule has 0 aliphatic carbocycles. The lowest BCUT2D eigenvalue weighted by Crippen LogP contribution is -2.41. The number of nitrogen functional groups attached to an aromatic ring is 1. The second kappa shape index (κ2) is 11.1. The van der Waals surface area contributed by atoms with Crippen molar-refractivity contribution < 1.29 is 14.3 Å². The van der Waals surface area contributed by atoms with Gasteiger partial charge in [0.25, 0.3) is 5.56 Å². The van der Waals surface area contributed by atoms with Crippen LogP contribution in [0.4, 0.5) is 10.5 Å². The normalized spacial score (nSPS) is 14.4. The summed E-state index contributed by atoms with van der Waals surface area (Å²) in [7, 11) is 1.74. The minimum absolute atomic E-state index is 0.0840. The highest BCUT2D eigenvalue weighted by Gasteiger charge is 2.26. The van der Waals surface area contributed by atoms with Crippen LogP contribution < -0.4 is 16.0 Å². The minimum Gasteiger partial charge on any atom is -0.457 e. The summed E-state index contributed by atoms with van der Waals surface area (Å²) >= 11 is 0. The quantitative estimate of drug-likeness (QED) is 0.271. The fraction of sp³-hybridized carbons (Fsp3) is 0.375. The average Bonchev–Trinajstić information content (AvgIpc) is 3.41. The van der Waals surface area contributed by atoms with Gasteiger partial charge in [0.15, 0.2) is 0 Å². The molecule has 0 bridgehead atoms. The molecule has 40 heavy (non-hydrogen) atoms. The summed E-state index contributed by atoms with van der Waals surface area (Å²) < 4.78 is 13.4. The highest BCUT2D eigenvalue weighted by Crippen LogP contribution is 2.38. The minimum atomic E-state index is -0.463. The molecule has 4 aromatic rings. The van der Waals surface area contributed by atoms with Crippen molar-refractivity contribution in [1.82, 2.24) is 14.5 Å². The molecule has 210 valence electrons. The number of aryl methyl sites for hydroxylation is 2. The number of likely N-dealkylation sites (tertiary alicyclic amines) is 1. The molecule has 1 fully saturated rings. The number of nitrogens with zero attached hydrogens (tertiary/aromatic N) is 2. The van der Waals surface area contributed by atoms with Crippen molar-refractivity contribution in [3.63, 3.8) is 0 Å². The van der Waals surface area contributed by atoms with Crippen molar-refractivity contribution in [2.45, 2.75) is 52.1 Å². The summed E-state index contributed by atoms with van der Waals surface area (Å²) in [6, 6.07) is 15.7. The number of hydrogen-bond acceptors (Lipinski definition) is 5. The molecule has 1 amide bonds. The van der Waals surface area contributed by atoms with Gasteiger partial charge in [-0.15, -0.1) is 0 Å². The summed E-state index contributed by atoms with van der Waals surface area (Å²) in [6.45, 7) is 7.20. The first-order valence-corrected chi connectivity index (χ1v) is 13.9. The average molecular weight is 543 g/mol. The van der Waals surface area contributed by atoms with E-state index in [-0.39, 0.29) is 11.7 Å². The van der Waals surface area contributed by atoms with E-state index in [1.165, 1.54) is 5.56 Å². The highest BCUT2D eigenvalue weighted by atomic mass is 16.6. The lowest BCUT2D eigenvalue weighted by Gasteiger charge is -2.33.